The number of rotatable bonds is 7. The van der Waals surface area contributed by atoms with Gasteiger partial charge in [-0.05, 0) is 55.5 Å². The van der Waals surface area contributed by atoms with E-state index in [1.54, 1.807) is 42.5 Å². The van der Waals surface area contributed by atoms with Crippen LogP contribution in [0.4, 0.5) is 0 Å². The Bertz CT molecular complexity index is 1370. The van der Waals surface area contributed by atoms with E-state index >= 15 is 0 Å². The predicted octanol–water partition coefficient (Wildman–Crippen LogP) is 5.35. The fourth-order valence-electron chi connectivity index (χ4n) is 3.46. The van der Waals surface area contributed by atoms with Gasteiger partial charge in [0.2, 0.25) is 11.6 Å². The van der Waals surface area contributed by atoms with Crippen LogP contribution in [-0.2, 0) is 9.53 Å². The highest BCUT2D eigenvalue weighted by atomic mass is 79.9. The average Bonchev–Trinajstić information content (AvgIpc) is 3.24. The molecule has 3 aromatic carbocycles. The van der Waals surface area contributed by atoms with Crippen molar-refractivity contribution in [1.82, 2.24) is 0 Å². The number of aliphatic imine (C=N–C) groups is 1. The number of aryl methyl sites for hydroxylation is 1. The Kier molecular flexibility index (Phi) is 7.40. The number of ether oxygens (including phenoxy) is 5. The van der Waals surface area contributed by atoms with Gasteiger partial charge in [0.05, 0.1) is 26.9 Å². The molecule has 1 heterocycles. The van der Waals surface area contributed by atoms with Gasteiger partial charge in [0.15, 0.2) is 17.2 Å². The molecule has 36 heavy (non-hydrogen) atoms. The molecular formula is C27H22BrNO7. The summed E-state index contributed by atoms with van der Waals surface area (Å²) in [4.78, 5) is 29.7. The quantitative estimate of drug-likeness (QED) is 0.222. The number of carbonyl (C=O) groups excluding carboxylic acids is 2. The Morgan fingerprint density at radius 2 is 1.58 bits per heavy atom. The summed E-state index contributed by atoms with van der Waals surface area (Å²) in [5, 5.41) is 0. The fourth-order valence-corrected chi connectivity index (χ4v) is 3.84. The van der Waals surface area contributed by atoms with Crippen molar-refractivity contribution in [3.63, 3.8) is 0 Å². The number of esters is 2. The Labute approximate surface area is 216 Å². The largest absolute Gasteiger partial charge is 0.493 e. The summed E-state index contributed by atoms with van der Waals surface area (Å²) in [5.41, 5.74) is 2.39. The SMILES string of the molecule is COc1cc(C2=N/C(=C/c3cc(Br)ccc3OC(=O)c3ccc(C)cc3)C(=O)O2)cc(OC)c1OC. The lowest BCUT2D eigenvalue weighted by molar-refractivity contribution is -0.129. The van der Waals surface area contributed by atoms with Crippen molar-refractivity contribution < 1.29 is 33.3 Å². The Balaban J connectivity index is 1.68. The Morgan fingerprint density at radius 3 is 2.19 bits per heavy atom. The highest BCUT2D eigenvalue weighted by Gasteiger charge is 2.27. The molecule has 0 fully saturated rings. The molecular weight excluding hydrogens is 530 g/mol. The van der Waals surface area contributed by atoms with Crippen LogP contribution in [0.5, 0.6) is 23.0 Å². The summed E-state index contributed by atoms with van der Waals surface area (Å²) in [7, 11) is 4.47. The third-order valence-electron chi connectivity index (χ3n) is 5.29. The first-order valence-electron chi connectivity index (χ1n) is 10.7. The smallest absolute Gasteiger partial charge is 0.363 e. The number of benzene rings is 3. The lowest BCUT2D eigenvalue weighted by Gasteiger charge is -2.13. The molecule has 0 spiro atoms. The molecule has 8 nitrogen and oxygen atoms in total. The van der Waals surface area contributed by atoms with Crippen LogP contribution in [0.25, 0.3) is 6.08 Å². The summed E-state index contributed by atoms with van der Waals surface area (Å²) >= 11 is 3.41. The van der Waals surface area contributed by atoms with Crippen molar-refractivity contribution in [2.75, 3.05) is 21.3 Å². The highest BCUT2D eigenvalue weighted by molar-refractivity contribution is 9.10. The molecule has 3 aromatic rings. The highest BCUT2D eigenvalue weighted by Crippen LogP contribution is 2.39. The van der Waals surface area contributed by atoms with Crippen LogP contribution in [0.3, 0.4) is 0 Å². The predicted molar refractivity (Wildman–Crippen MR) is 137 cm³/mol. The van der Waals surface area contributed by atoms with E-state index in [1.165, 1.54) is 27.4 Å². The van der Waals surface area contributed by atoms with Crippen LogP contribution < -0.4 is 18.9 Å². The number of hydrogen-bond acceptors (Lipinski definition) is 8. The summed E-state index contributed by atoms with van der Waals surface area (Å²) < 4.78 is 27.8. The molecule has 0 radical (unpaired) electrons. The van der Waals surface area contributed by atoms with E-state index < -0.39 is 11.9 Å². The summed E-state index contributed by atoms with van der Waals surface area (Å²) in [6.07, 6.45) is 1.50. The van der Waals surface area contributed by atoms with Gasteiger partial charge in [-0.3, -0.25) is 0 Å². The standard InChI is InChI=1S/C27H22BrNO7/c1-15-5-7-16(8-6-15)26(30)35-21-10-9-19(28)11-17(21)12-20-27(31)36-25(29-20)18-13-22(32-2)24(34-4)23(14-18)33-3/h5-14H,1-4H3/b20-12+. The topological polar surface area (TPSA) is 92.7 Å². The van der Waals surface area contributed by atoms with E-state index in [0.717, 1.165) is 10.0 Å². The zero-order valence-electron chi connectivity index (χ0n) is 20.0. The number of cyclic esters (lactones) is 1. The van der Waals surface area contributed by atoms with Gasteiger partial charge in [-0.1, -0.05) is 33.6 Å². The number of halogens is 1. The molecule has 0 N–H and O–H groups in total. The molecule has 0 saturated carbocycles. The molecule has 184 valence electrons. The van der Waals surface area contributed by atoms with Gasteiger partial charge >= 0.3 is 11.9 Å². The minimum Gasteiger partial charge on any atom is -0.493 e. The van der Waals surface area contributed by atoms with E-state index in [2.05, 4.69) is 20.9 Å². The van der Waals surface area contributed by atoms with Gasteiger partial charge < -0.3 is 23.7 Å². The van der Waals surface area contributed by atoms with Crippen molar-refractivity contribution in [3.8, 4) is 23.0 Å². The van der Waals surface area contributed by atoms with Gasteiger partial charge in [0.1, 0.15) is 5.75 Å². The van der Waals surface area contributed by atoms with Crippen LogP contribution in [-0.4, -0.2) is 39.2 Å². The Hall–Kier alpha value is -4.11. The van der Waals surface area contributed by atoms with Crippen molar-refractivity contribution in [2.24, 2.45) is 4.99 Å². The first-order valence-corrected chi connectivity index (χ1v) is 11.5. The van der Waals surface area contributed by atoms with Gasteiger partial charge in [-0.25, -0.2) is 14.6 Å². The fraction of sp³-hybridized carbons (Fsp3) is 0.148. The lowest BCUT2D eigenvalue weighted by atomic mass is 10.1. The molecule has 0 aromatic heterocycles. The molecule has 0 aliphatic carbocycles. The van der Waals surface area contributed by atoms with E-state index in [1.807, 2.05) is 19.1 Å². The lowest BCUT2D eigenvalue weighted by Crippen LogP contribution is -2.09. The maximum Gasteiger partial charge on any atom is 0.363 e. The second-order valence-corrected chi connectivity index (χ2v) is 8.60. The summed E-state index contributed by atoms with van der Waals surface area (Å²) in [5.74, 6) is 0.334. The second-order valence-electron chi connectivity index (χ2n) is 7.69. The zero-order chi connectivity index (χ0) is 25.8. The second kappa shape index (κ2) is 10.7. The van der Waals surface area contributed by atoms with Crippen molar-refractivity contribution >= 4 is 39.8 Å². The van der Waals surface area contributed by atoms with E-state index in [9.17, 15) is 9.59 Å². The third-order valence-corrected chi connectivity index (χ3v) is 5.78. The van der Waals surface area contributed by atoms with Crippen molar-refractivity contribution in [2.45, 2.75) is 6.92 Å². The number of carbonyl (C=O) groups is 2. The number of hydrogen-bond donors (Lipinski definition) is 0. The van der Waals surface area contributed by atoms with Gasteiger partial charge in [-0.2, -0.15) is 0 Å². The van der Waals surface area contributed by atoms with Gasteiger partial charge in [0, 0.05) is 15.6 Å². The van der Waals surface area contributed by atoms with E-state index in [-0.39, 0.29) is 17.3 Å². The number of methoxy groups -OCH3 is 3. The average molecular weight is 552 g/mol. The van der Waals surface area contributed by atoms with Crippen molar-refractivity contribution in [1.29, 1.82) is 0 Å². The van der Waals surface area contributed by atoms with E-state index in [0.29, 0.717) is 33.9 Å². The zero-order valence-corrected chi connectivity index (χ0v) is 21.5. The Morgan fingerprint density at radius 1 is 0.917 bits per heavy atom. The van der Waals surface area contributed by atoms with E-state index in [4.69, 9.17) is 23.7 Å². The normalized spacial score (nSPS) is 13.8. The maximum absolute atomic E-state index is 12.7. The molecule has 1 aliphatic heterocycles. The van der Waals surface area contributed by atoms with Gasteiger partial charge in [-0.15, -0.1) is 0 Å². The molecule has 9 heteroatoms. The van der Waals surface area contributed by atoms with Crippen LogP contribution in [0.15, 0.2) is 69.8 Å². The molecule has 4 rings (SSSR count). The first kappa shape index (κ1) is 25.0. The number of nitrogens with zero attached hydrogens (tertiary/aromatic N) is 1. The summed E-state index contributed by atoms with van der Waals surface area (Å²) in [6.45, 7) is 1.93. The first-order chi connectivity index (χ1) is 17.3. The monoisotopic (exact) mass is 551 g/mol. The molecule has 0 saturated heterocycles. The summed E-state index contributed by atoms with van der Waals surface area (Å²) in [6, 6.07) is 15.4. The van der Waals surface area contributed by atoms with Crippen LogP contribution in [0.2, 0.25) is 0 Å². The van der Waals surface area contributed by atoms with Crippen LogP contribution >= 0.6 is 15.9 Å². The molecule has 0 amide bonds. The van der Waals surface area contributed by atoms with Gasteiger partial charge in [0.25, 0.3) is 0 Å². The molecule has 1 aliphatic rings. The molecule has 0 unspecified atom stereocenters. The minimum absolute atomic E-state index is 0.0319. The minimum atomic E-state index is -0.658. The van der Waals surface area contributed by atoms with Crippen LogP contribution in [0, 0.1) is 6.92 Å². The van der Waals surface area contributed by atoms with Crippen molar-refractivity contribution in [3.05, 3.63) is 87.0 Å². The molecule has 0 bridgehead atoms. The third kappa shape index (κ3) is 5.26. The van der Waals surface area contributed by atoms with Crippen LogP contribution in [0.1, 0.15) is 27.0 Å². The molecule has 0 atom stereocenters. The maximum atomic E-state index is 12.7.